The summed E-state index contributed by atoms with van der Waals surface area (Å²) in [5.41, 5.74) is 0. The highest BCUT2D eigenvalue weighted by atomic mass is 19.1. The molecule has 1 saturated carbocycles. The second-order valence-electron chi connectivity index (χ2n) is 6.40. The molecule has 23 heavy (non-hydrogen) atoms. The quantitative estimate of drug-likeness (QED) is 0.806. The van der Waals surface area contributed by atoms with E-state index >= 15 is 0 Å². The van der Waals surface area contributed by atoms with Crippen LogP contribution in [0.5, 0.6) is 0 Å². The van der Waals surface area contributed by atoms with Gasteiger partial charge in [0.25, 0.3) is 0 Å². The highest BCUT2D eigenvalue weighted by Crippen LogP contribution is 2.39. The molecule has 0 N–H and O–H groups in total. The molecule has 0 amide bonds. The molecule has 2 fully saturated rings. The number of anilines is 1. The van der Waals surface area contributed by atoms with Gasteiger partial charge in [-0.1, -0.05) is 6.07 Å². The second kappa shape index (κ2) is 5.88. The van der Waals surface area contributed by atoms with E-state index in [9.17, 15) is 4.39 Å². The summed E-state index contributed by atoms with van der Waals surface area (Å²) in [7, 11) is 0. The third-order valence-electron chi connectivity index (χ3n) is 4.47. The molecule has 7 heteroatoms. The van der Waals surface area contributed by atoms with E-state index in [4.69, 9.17) is 4.42 Å². The number of aromatic nitrogens is 3. The van der Waals surface area contributed by atoms with Gasteiger partial charge >= 0.3 is 0 Å². The third kappa shape index (κ3) is 3.19. The van der Waals surface area contributed by atoms with Gasteiger partial charge in [0.1, 0.15) is 5.82 Å². The van der Waals surface area contributed by atoms with Crippen molar-refractivity contribution in [2.45, 2.75) is 38.3 Å². The minimum absolute atomic E-state index is 0.254. The van der Waals surface area contributed by atoms with Crippen LogP contribution >= 0.6 is 0 Å². The molecule has 1 unspecified atom stereocenters. The van der Waals surface area contributed by atoms with Gasteiger partial charge in [-0.15, -0.1) is 10.2 Å². The van der Waals surface area contributed by atoms with E-state index in [1.807, 2.05) is 6.07 Å². The molecule has 2 aromatic rings. The summed E-state index contributed by atoms with van der Waals surface area (Å²) in [4.78, 5) is 8.42. The first kappa shape index (κ1) is 14.6. The Morgan fingerprint density at radius 3 is 2.87 bits per heavy atom. The first-order chi connectivity index (χ1) is 11.2. The SMILES string of the molecule is CC1CN(Cc2nnc(C3CC3)o2)CCN1c1cccc(F)n1. The molecule has 1 saturated heterocycles. The lowest BCUT2D eigenvalue weighted by molar-refractivity contribution is 0.199. The van der Waals surface area contributed by atoms with Crippen LogP contribution in [0, 0.1) is 5.95 Å². The van der Waals surface area contributed by atoms with Crippen molar-refractivity contribution in [2.24, 2.45) is 0 Å². The fourth-order valence-electron chi connectivity index (χ4n) is 3.09. The Hall–Kier alpha value is -2.02. The van der Waals surface area contributed by atoms with Gasteiger partial charge < -0.3 is 9.32 Å². The number of nitrogens with zero attached hydrogens (tertiary/aromatic N) is 5. The summed E-state index contributed by atoms with van der Waals surface area (Å²) in [6.07, 6.45) is 2.33. The Kier molecular flexibility index (Phi) is 3.72. The monoisotopic (exact) mass is 317 g/mol. The van der Waals surface area contributed by atoms with E-state index in [0.29, 0.717) is 24.2 Å². The predicted molar refractivity (Wildman–Crippen MR) is 82.6 cm³/mol. The van der Waals surface area contributed by atoms with Gasteiger partial charge in [0.15, 0.2) is 0 Å². The minimum Gasteiger partial charge on any atom is -0.424 e. The Morgan fingerprint density at radius 2 is 2.13 bits per heavy atom. The zero-order valence-electron chi connectivity index (χ0n) is 13.2. The van der Waals surface area contributed by atoms with Crippen molar-refractivity contribution in [3.63, 3.8) is 0 Å². The van der Waals surface area contributed by atoms with Gasteiger partial charge in [0.2, 0.25) is 17.7 Å². The number of rotatable bonds is 4. The van der Waals surface area contributed by atoms with Crippen LogP contribution in [0.15, 0.2) is 22.6 Å². The minimum atomic E-state index is -0.435. The lowest BCUT2D eigenvalue weighted by Gasteiger charge is -2.40. The average Bonchev–Trinajstić information content (AvgIpc) is 3.28. The Morgan fingerprint density at radius 1 is 1.26 bits per heavy atom. The molecule has 1 atom stereocenters. The second-order valence-corrected chi connectivity index (χ2v) is 6.40. The standard InChI is InChI=1S/C16H20FN5O/c1-11-9-21(10-15-19-20-16(23-15)12-5-6-12)7-8-22(11)14-4-2-3-13(17)18-14/h2-4,11-12H,5-10H2,1H3. The maximum atomic E-state index is 13.3. The lowest BCUT2D eigenvalue weighted by atomic mass is 10.2. The Labute approximate surface area is 134 Å². The van der Waals surface area contributed by atoms with Crippen LogP contribution in [0.25, 0.3) is 0 Å². The van der Waals surface area contributed by atoms with Gasteiger partial charge in [0, 0.05) is 31.6 Å². The van der Waals surface area contributed by atoms with Crippen LogP contribution in [0.1, 0.15) is 37.5 Å². The van der Waals surface area contributed by atoms with Crippen LogP contribution in [0.4, 0.5) is 10.2 Å². The van der Waals surface area contributed by atoms with Crippen molar-refractivity contribution in [1.82, 2.24) is 20.1 Å². The maximum absolute atomic E-state index is 13.3. The van der Waals surface area contributed by atoms with E-state index in [1.165, 1.54) is 6.07 Å². The van der Waals surface area contributed by atoms with Gasteiger partial charge in [0.05, 0.1) is 6.54 Å². The van der Waals surface area contributed by atoms with Crippen LogP contribution in [0.2, 0.25) is 0 Å². The number of hydrogen-bond acceptors (Lipinski definition) is 6. The van der Waals surface area contributed by atoms with E-state index in [-0.39, 0.29) is 6.04 Å². The smallest absolute Gasteiger partial charge is 0.230 e. The predicted octanol–water partition coefficient (Wildman–Crippen LogP) is 2.19. The Balaban J connectivity index is 1.38. The van der Waals surface area contributed by atoms with Crippen LogP contribution in [-0.4, -0.2) is 45.8 Å². The molecule has 0 spiro atoms. The maximum Gasteiger partial charge on any atom is 0.230 e. The fourth-order valence-corrected chi connectivity index (χ4v) is 3.09. The first-order valence-electron chi connectivity index (χ1n) is 8.13. The molecule has 122 valence electrons. The van der Waals surface area contributed by atoms with Crippen LogP contribution < -0.4 is 4.90 Å². The van der Waals surface area contributed by atoms with Gasteiger partial charge in [-0.05, 0) is 31.9 Å². The van der Waals surface area contributed by atoms with E-state index in [2.05, 4.69) is 31.9 Å². The molecule has 3 heterocycles. The van der Waals surface area contributed by atoms with E-state index in [0.717, 1.165) is 38.4 Å². The van der Waals surface area contributed by atoms with Gasteiger partial charge in [-0.25, -0.2) is 4.98 Å². The summed E-state index contributed by atoms with van der Waals surface area (Å²) >= 11 is 0. The van der Waals surface area contributed by atoms with Crippen molar-refractivity contribution in [3.8, 4) is 0 Å². The summed E-state index contributed by atoms with van der Waals surface area (Å²) in [6, 6.07) is 5.19. The average molecular weight is 317 g/mol. The molecule has 6 nitrogen and oxygen atoms in total. The van der Waals surface area contributed by atoms with Crippen LogP contribution in [-0.2, 0) is 6.54 Å². The Bertz CT molecular complexity index is 687. The highest BCUT2D eigenvalue weighted by Gasteiger charge is 2.30. The molecule has 4 rings (SSSR count). The summed E-state index contributed by atoms with van der Waals surface area (Å²) in [5, 5.41) is 8.28. The number of hydrogen-bond donors (Lipinski definition) is 0. The fraction of sp³-hybridized carbons (Fsp3) is 0.562. The largest absolute Gasteiger partial charge is 0.424 e. The van der Waals surface area contributed by atoms with Crippen LogP contribution in [0.3, 0.4) is 0 Å². The third-order valence-corrected chi connectivity index (χ3v) is 4.47. The van der Waals surface area contributed by atoms with Crippen molar-refractivity contribution >= 4 is 5.82 Å². The van der Waals surface area contributed by atoms with Gasteiger partial charge in [-0.3, -0.25) is 4.90 Å². The normalized spacial score (nSPS) is 22.5. The lowest BCUT2D eigenvalue weighted by Crippen LogP contribution is -2.52. The molecule has 0 radical (unpaired) electrons. The molecule has 2 aromatic heterocycles. The van der Waals surface area contributed by atoms with Crippen molar-refractivity contribution in [3.05, 3.63) is 35.9 Å². The number of piperazine rings is 1. The molecule has 0 bridgehead atoms. The summed E-state index contributed by atoms with van der Waals surface area (Å²) in [5.74, 6) is 2.24. The van der Waals surface area contributed by atoms with Crippen molar-refractivity contribution in [1.29, 1.82) is 0 Å². The summed E-state index contributed by atoms with van der Waals surface area (Å²) < 4.78 is 19.0. The topological polar surface area (TPSA) is 58.3 Å². The van der Waals surface area contributed by atoms with E-state index < -0.39 is 5.95 Å². The molecular formula is C16H20FN5O. The number of halogens is 1. The van der Waals surface area contributed by atoms with Crippen molar-refractivity contribution in [2.75, 3.05) is 24.5 Å². The zero-order valence-corrected chi connectivity index (χ0v) is 13.2. The highest BCUT2D eigenvalue weighted by molar-refractivity contribution is 5.40. The molecule has 2 aliphatic rings. The molecule has 1 aliphatic heterocycles. The molecule has 1 aliphatic carbocycles. The van der Waals surface area contributed by atoms with Crippen molar-refractivity contribution < 1.29 is 8.81 Å². The molecule has 0 aromatic carbocycles. The zero-order chi connectivity index (χ0) is 15.8. The first-order valence-corrected chi connectivity index (χ1v) is 8.13. The molecular weight excluding hydrogens is 297 g/mol. The number of pyridine rings is 1. The summed E-state index contributed by atoms with van der Waals surface area (Å²) in [6.45, 7) is 5.33. The van der Waals surface area contributed by atoms with E-state index in [1.54, 1.807) is 6.07 Å². The van der Waals surface area contributed by atoms with Gasteiger partial charge in [-0.2, -0.15) is 4.39 Å².